The van der Waals surface area contributed by atoms with Crippen LogP contribution in [0.5, 0.6) is 0 Å². The summed E-state index contributed by atoms with van der Waals surface area (Å²) in [4.78, 5) is 12.5. The van der Waals surface area contributed by atoms with Gasteiger partial charge in [0.1, 0.15) is 5.69 Å². The molecule has 0 spiro atoms. The van der Waals surface area contributed by atoms with E-state index in [2.05, 4.69) is 10.4 Å². The third-order valence-corrected chi connectivity index (χ3v) is 3.83. The summed E-state index contributed by atoms with van der Waals surface area (Å²) >= 11 is 0. The van der Waals surface area contributed by atoms with Crippen molar-refractivity contribution in [3.8, 4) is 11.3 Å². The number of nitrogens with one attached hydrogen (secondary N) is 1. The fourth-order valence-corrected chi connectivity index (χ4v) is 2.55. The van der Waals surface area contributed by atoms with Crippen LogP contribution in [0.4, 0.5) is 18.9 Å². The number of hydrogen-bond acceptors (Lipinski definition) is 2. The highest BCUT2D eigenvalue weighted by Crippen LogP contribution is 2.32. The van der Waals surface area contributed by atoms with E-state index >= 15 is 0 Å². The number of aryl methyl sites for hydroxylation is 1. The van der Waals surface area contributed by atoms with Crippen LogP contribution in [0.2, 0.25) is 0 Å². The van der Waals surface area contributed by atoms with Gasteiger partial charge in [-0.2, -0.15) is 18.3 Å². The lowest BCUT2D eigenvalue weighted by Gasteiger charge is -2.07. The van der Waals surface area contributed by atoms with Gasteiger partial charge >= 0.3 is 6.18 Å². The van der Waals surface area contributed by atoms with E-state index < -0.39 is 11.7 Å². The van der Waals surface area contributed by atoms with Crippen LogP contribution in [0, 0.1) is 0 Å². The molecule has 0 bridgehead atoms. The Morgan fingerprint density at radius 3 is 2.46 bits per heavy atom. The fraction of sp³-hybridized carbons (Fsp3) is 0.158. The van der Waals surface area contributed by atoms with Crippen LogP contribution in [0.25, 0.3) is 11.3 Å². The number of nitrogens with zero attached hydrogens (tertiary/aromatic N) is 2. The summed E-state index contributed by atoms with van der Waals surface area (Å²) in [6.07, 6.45) is -4.43. The molecule has 0 saturated heterocycles. The van der Waals surface area contributed by atoms with E-state index in [4.69, 9.17) is 0 Å². The van der Waals surface area contributed by atoms with Gasteiger partial charge in [-0.1, -0.05) is 30.3 Å². The van der Waals surface area contributed by atoms with Gasteiger partial charge in [0, 0.05) is 17.8 Å². The van der Waals surface area contributed by atoms with Crippen molar-refractivity contribution < 1.29 is 18.0 Å². The normalized spacial score (nSPS) is 11.4. The predicted octanol–water partition coefficient (Wildman–Crippen LogP) is 4.84. The van der Waals surface area contributed by atoms with Crippen LogP contribution >= 0.6 is 0 Å². The number of anilines is 1. The molecule has 0 aliphatic rings. The number of amides is 1. The summed E-state index contributed by atoms with van der Waals surface area (Å²) in [5.41, 5.74) is 0.777. The molecule has 26 heavy (non-hydrogen) atoms. The maximum atomic E-state index is 12.9. The average Bonchev–Trinajstić information content (AvgIpc) is 3.06. The molecule has 4 nitrogen and oxygen atoms in total. The zero-order chi connectivity index (χ0) is 18.7. The van der Waals surface area contributed by atoms with Gasteiger partial charge in [0.15, 0.2) is 0 Å². The molecule has 1 amide bonds. The molecule has 0 aliphatic carbocycles. The molecule has 0 fully saturated rings. The Morgan fingerprint density at radius 1 is 1.08 bits per heavy atom. The summed E-state index contributed by atoms with van der Waals surface area (Å²) in [6, 6.07) is 15.3. The van der Waals surface area contributed by atoms with Gasteiger partial charge in [-0.15, -0.1) is 0 Å². The molecular formula is C19H16F3N3O. The van der Waals surface area contributed by atoms with Crippen LogP contribution in [-0.2, 0) is 12.7 Å². The summed E-state index contributed by atoms with van der Waals surface area (Å²) < 4.78 is 40.2. The molecule has 2 aromatic carbocycles. The Balaban J connectivity index is 1.93. The van der Waals surface area contributed by atoms with Crippen molar-refractivity contribution in [3.05, 3.63) is 71.9 Å². The van der Waals surface area contributed by atoms with Gasteiger partial charge < -0.3 is 5.32 Å². The standard InChI is InChI=1S/C19H16F3N3O/c1-2-25-17(18(26)23-15-9-4-3-5-10-15)12-16(24-25)13-7-6-8-14(11-13)19(20,21)22/h3-12H,2H2,1H3,(H,23,26). The molecular weight excluding hydrogens is 343 g/mol. The number of halogens is 3. The van der Waals surface area contributed by atoms with Crippen molar-refractivity contribution in [3.63, 3.8) is 0 Å². The van der Waals surface area contributed by atoms with Crippen LogP contribution in [0.3, 0.4) is 0 Å². The second-order valence-electron chi connectivity index (χ2n) is 5.63. The van der Waals surface area contributed by atoms with Crippen LogP contribution in [0.15, 0.2) is 60.7 Å². The Hall–Kier alpha value is -3.09. The van der Waals surface area contributed by atoms with Crippen molar-refractivity contribution in [2.24, 2.45) is 0 Å². The highest BCUT2D eigenvalue weighted by atomic mass is 19.4. The zero-order valence-corrected chi connectivity index (χ0v) is 13.9. The van der Waals surface area contributed by atoms with E-state index in [1.165, 1.54) is 22.9 Å². The fourth-order valence-electron chi connectivity index (χ4n) is 2.55. The monoisotopic (exact) mass is 359 g/mol. The van der Waals surface area contributed by atoms with Crippen LogP contribution in [0.1, 0.15) is 23.0 Å². The molecule has 0 atom stereocenters. The van der Waals surface area contributed by atoms with Crippen molar-refractivity contribution in [1.29, 1.82) is 0 Å². The summed E-state index contributed by atoms with van der Waals surface area (Å²) in [5.74, 6) is -0.372. The SMILES string of the molecule is CCn1nc(-c2cccc(C(F)(F)F)c2)cc1C(=O)Nc1ccccc1. The van der Waals surface area contributed by atoms with Gasteiger partial charge in [0.2, 0.25) is 0 Å². The first-order valence-corrected chi connectivity index (χ1v) is 8.00. The molecule has 0 unspecified atom stereocenters. The third kappa shape index (κ3) is 3.77. The van der Waals surface area contributed by atoms with Gasteiger partial charge in [-0.05, 0) is 37.3 Å². The van der Waals surface area contributed by atoms with E-state index in [-0.39, 0.29) is 11.6 Å². The van der Waals surface area contributed by atoms with Gasteiger partial charge in [0.25, 0.3) is 5.91 Å². The number of hydrogen-bond donors (Lipinski definition) is 1. The molecule has 0 saturated carbocycles. The minimum atomic E-state index is -4.43. The maximum Gasteiger partial charge on any atom is 0.416 e. The first-order valence-electron chi connectivity index (χ1n) is 8.00. The molecule has 1 N–H and O–H groups in total. The third-order valence-electron chi connectivity index (χ3n) is 3.83. The van der Waals surface area contributed by atoms with E-state index in [0.29, 0.717) is 23.5 Å². The van der Waals surface area contributed by atoms with E-state index in [0.717, 1.165) is 12.1 Å². The number of rotatable bonds is 4. The number of carbonyl (C=O) groups excluding carboxylic acids is 1. The zero-order valence-electron chi connectivity index (χ0n) is 13.9. The van der Waals surface area contributed by atoms with E-state index in [1.54, 1.807) is 24.3 Å². The molecule has 134 valence electrons. The predicted molar refractivity (Wildman–Crippen MR) is 92.7 cm³/mol. The van der Waals surface area contributed by atoms with Gasteiger partial charge in [-0.25, -0.2) is 0 Å². The van der Waals surface area contributed by atoms with Crippen molar-refractivity contribution in [1.82, 2.24) is 9.78 Å². The Kier molecular flexibility index (Phi) is 4.79. The van der Waals surface area contributed by atoms with Crippen molar-refractivity contribution in [2.45, 2.75) is 19.6 Å². The maximum absolute atomic E-state index is 12.9. The van der Waals surface area contributed by atoms with Crippen molar-refractivity contribution >= 4 is 11.6 Å². The topological polar surface area (TPSA) is 46.9 Å². The Labute approximate surface area is 148 Å². The molecule has 1 aromatic heterocycles. The number of aromatic nitrogens is 2. The Bertz CT molecular complexity index is 917. The molecule has 3 rings (SSSR count). The lowest BCUT2D eigenvalue weighted by atomic mass is 10.1. The number of alkyl halides is 3. The second-order valence-corrected chi connectivity index (χ2v) is 5.63. The smallest absolute Gasteiger partial charge is 0.321 e. The number of carbonyl (C=O) groups is 1. The summed E-state index contributed by atoms with van der Waals surface area (Å²) in [7, 11) is 0. The quantitative estimate of drug-likeness (QED) is 0.724. The van der Waals surface area contributed by atoms with Crippen LogP contribution < -0.4 is 5.32 Å². The number of para-hydroxylation sites is 1. The van der Waals surface area contributed by atoms with E-state index in [9.17, 15) is 18.0 Å². The molecule has 7 heteroatoms. The molecule has 0 radical (unpaired) electrons. The van der Waals surface area contributed by atoms with Gasteiger partial charge in [-0.3, -0.25) is 9.48 Å². The lowest BCUT2D eigenvalue weighted by Crippen LogP contribution is -2.17. The summed E-state index contributed by atoms with van der Waals surface area (Å²) in [6.45, 7) is 2.22. The largest absolute Gasteiger partial charge is 0.416 e. The summed E-state index contributed by atoms with van der Waals surface area (Å²) in [5, 5.41) is 7.03. The molecule has 3 aromatic rings. The first-order chi connectivity index (χ1) is 12.4. The first kappa shape index (κ1) is 17.7. The van der Waals surface area contributed by atoms with Crippen LogP contribution in [-0.4, -0.2) is 15.7 Å². The average molecular weight is 359 g/mol. The molecule has 0 aliphatic heterocycles. The number of benzene rings is 2. The highest BCUT2D eigenvalue weighted by Gasteiger charge is 2.30. The second kappa shape index (κ2) is 7.03. The van der Waals surface area contributed by atoms with E-state index in [1.807, 2.05) is 13.0 Å². The molecule has 1 heterocycles. The Morgan fingerprint density at radius 2 is 1.81 bits per heavy atom. The minimum absolute atomic E-state index is 0.281. The highest BCUT2D eigenvalue weighted by molar-refractivity contribution is 6.03. The minimum Gasteiger partial charge on any atom is -0.321 e. The lowest BCUT2D eigenvalue weighted by molar-refractivity contribution is -0.137. The van der Waals surface area contributed by atoms with Crippen molar-refractivity contribution in [2.75, 3.05) is 5.32 Å². The van der Waals surface area contributed by atoms with Gasteiger partial charge in [0.05, 0.1) is 11.3 Å².